The van der Waals surface area contributed by atoms with Gasteiger partial charge in [0.1, 0.15) is 0 Å². The molecule has 0 saturated heterocycles. The highest BCUT2D eigenvalue weighted by Crippen LogP contribution is 2.34. The number of benzene rings is 2. The summed E-state index contributed by atoms with van der Waals surface area (Å²) in [6.07, 6.45) is -3.88. The number of para-hydroxylation sites is 1. The maximum absolute atomic E-state index is 13.0. The van der Waals surface area contributed by atoms with Gasteiger partial charge in [-0.25, -0.2) is 16.8 Å². The molecule has 0 aromatic heterocycles. The third kappa shape index (κ3) is 4.95. The minimum atomic E-state index is -4.85. The molecule has 0 aliphatic rings. The summed E-state index contributed by atoms with van der Waals surface area (Å²) in [7, 11) is -8.04. The van der Waals surface area contributed by atoms with Crippen LogP contribution in [-0.4, -0.2) is 23.1 Å². The lowest BCUT2D eigenvalue weighted by Crippen LogP contribution is -2.19. The molecule has 0 fully saturated rings. The van der Waals surface area contributed by atoms with Crippen molar-refractivity contribution in [3.05, 3.63) is 59.7 Å². The molecule has 0 bridgehead atoms. The highest BCUT2D eigenvalue weighted by molar-refractivity contribution is 7.92. The maximum Gasteiger partial charge on any atom is 0.417 e. The van der Waals surface area contributed by atoms with Crippen LogP contribution in [0.15, 0.2) is 53.4 Å². The van der Waals surface area contributed by atoms with Crippen molar-refractivity contribution in [1.29, 1.82) is 0 Å². The molecule has 0 saturated carbocycles. The number of halogens is 3. The Morgan fingerprint density at radius 1 is 0.920 bits per heavy atom. The predicted molar refractivity (Wildman–Crippen MR) is 87.2 cm³/mol. The quantitative estimate of drug-likeness (QED) is 0.847. The summed E-state index contributed by atoms with van der Waals surface area (Å²) in [4.78, 5) is -0.934. The van der Waals surface area contributed by atoms with E-state index in [4.69, 9.17) is 0 Å². The van der Waals surface area contributed by atoms with Crippen LogP contribution in [0.5, 0.6) is 0 Å². The van der Waals surface area contributed by atoms with Crippen molar-refractivity contribution < 1.29 is 30.0 Å². The summed E-state index contributed by atoms with van der Waals surface area (Å²) in [5.41, 5.74) is -1.26. The maximum atomic E-state index is 13.0. The molecule has 5 nitrogen and oxygen atoms in total. The lowest BCUT2D eigenvalue weighted by molar-refractivity contribution is -0.139. The second-order valence-electron chi connectivity index (χ2n) is 5.33. The van der Waals surface area contributed by atoms with Crippen LogP contribution >= 0.6 is 0 Å². The van der Waals surface area contributed by atoms with Crippen molar-refractivity contribution in [3.8, 4) is 0 Å². The van der Waals surface area contributed by atoms with Crippen LogP contribution in [0.25, 0.3) is 0 Å². The molecular formula is C15H14F3NO4S2. The Labute approximate surface area is 143 Å². The molecule has 10 heteroatoms. The molecule has 0 radical (unpaired) electrons. The van der Waals surface area contributed by atoms with E-state index in [0.717, 1.165) is 18.4 Å². The van der Waals surface area contributed by atoms with Gasteiger partial charge in [-0.05, 0) is 23.8 Å². The average molecular weight is 393 g/mol. The average Bonchev–Trinajstić information content (AvgIpc) is 2.47. The smallest absolute Gasteiger partial charge is 0.279 e. The van der Waals surface area contributed by atoms with Gasteiger partial charge in [-0.15, -0.1) is 0 Å². The van der Waals surface area contributed by atoms with Gasteiger partial charge in [-0.2, -0.15) is 13.2 Å². The number of alkyl halides is 3. The van der Waals surface area contributed by atoms with E-state index in [1.54, 1.807) is 0 Å². The van der Waals surface area contributed by atoms with E-state index in [0.29, 0.717) is 6.07 Å². The SMILES string of the molecule is CS(=O)(=O)Cc1ccccc1NS(=O)(=O)c1ccccc1C(F)(F)F. The van der Waals surface area contributed by atoms with Gasteiger partial charge < -0.3 is 0 Å². The van der Waals surface area contributed by atoms with Gasteiger partial charge in [0, 0.05) is 6.26 Å². The van der Waals surface area contributed by atoms with Crippen LogP contribution in [0.2, 0.25) is 0 Å². The van der Waals surface area contributed by atoms with Crippen molar-refractivity contribution >= 4 is 25.5 Å². The normalized spacial score (nSPS) is 12.8. The first kappa shape index (κ1) is 19.3. The number of anilines is 1. The molecule has 0 amide bonds. The van der Waals surface area contributed by atoms with Gasteiger partial charge in [0.05, 0.1) is 21.9 Å². The zero-order valence-electron chi connectivity index (χ0n) is 12.9. The Hall–Kier alpha value is -2.07. The summed E-state index contributed by atoms with van der Waals surface area (Å²) in [6.45, 7) is 0. The van der Waals surface area contributed by atoms with Gasteiger partial charge in [-0.1, -0.05) is 30.3 Å². The van der Waals surface area contributed by atoms with E-state index in [-0.39, 0.29) is 11.3 Å². The summed E-state index contributed by atoms with van der Waals surface area (Å²) < 4.78 is 88.9. The first-order valence-corrected chi connectivity index (χ1v) is 10.4. The Bertz CT molecular complexity index is 984. The predicted octanol–water partition coefficient (Wildman–Crippen LogP) is 3.05. The number of sulfone groups is 1. The molecule has 2 rings (SSSR count). The molecular weight excluding hydrogens is 379 g/mol. The fraction of sp³-hybridized carbons (Fsp3) is 0.200. The molecule has 25 heavy (non-hydrogen) atoms. The van der Waals surface area contributed by atoms with Crippen LogP contribution in [0.4, 0.5) is 18.9 Å². The number of hydrogen-bond donors (Lipinski definition) is 1. The van der Waals surface area contributed by atoms with E-state index in [9.17, 15) is 30.0 Å². The second-order valence-corrected chi connectivity index (χ2v) is 9.12. The largest absolute Gasteiger partial charge is 0.417 e. The van der Waals surface area contributed by atoms with E-state index >= 15 is 0 Å². The van der Waals surface area contributed by atoms with Gasteiger partial charge >= 0.3 is 6.18 Å². The second kappa shape index (κ2) is 6.68. The monoisotopic (exact) mass is 393 g/mol. The minimum absolute atomic E-state index is 0.0927. The summed E-state index contributed by atoms with van der Waals surface area (Å²) in [6, 6.07) is 9.37. The minimum Gasteiger partial charge on any atom is -0.279 e. The molecule has 2 aromatic carbocycles. The molecule has 0 unspecified atom stereocenters. The molecule has 0 aliphatic heterocycles. The molecule has 0 heterocycles. The highest BCUT2D eigenvalue weighted by atomic mass is 32.2. The van der Waals surface area contributed by atoms with E-state index in [1.165, 1.54) is 30.3 Å². The van der Waals surface area contributed by atoms with Crippen LogP contribution in [-0.2, 0) is 31.8 Å². The van der Waals surface area contributed by atoms with E-state index < -0.39 is 42.2 Å². The molecule has 2 aromatic rings. The molecule has 1 N–H and O–H groups in total. The van der Waals surface area contributed by atoms with Crippen molar-refractivity contribution in [3.63, 3.8) is 0 Å². The van der Waals surface area contributed by atoms with Crippen LogP contribution in [0, 0.1) is 0 Å². The number of rotatable bonds is 5. The van der Waals surface area contributed by atoms with Crippen molar-refractivity contribution in [2.24, 2.45) is 0 Å². The standard InChI is InChI=1S/C15H14F3NO4S2/c1-24(20,21)10-11-6-2-4-8-13(11)19-25(22,23)14-9-5-3-7-12(14)15(16,17)18/h2-9,19H,10H2,1H3. The van der Waals surface area contributed by atoms with Gasteiger partial charge in [0.15, 0.2) is 9.84 Å². The Morgan fingerprint density at radius 3 is 2.08 bits per heavy atom. The topological polar surface area (TPSA) is 80.3 Å². The summed E-state index contributed by atoms with van der Waals surface area (Å²) in [5.74, 6) is -0.452. The van der Waals surface area contributed by atoms with Crippen LogP contribution in [0.1, 0.15) is 11.1 Å². The Balaban J connectivity index is 2.49. The lowest BCUT2D eigenvalue weighted by atomic mass is 10.2. The molecule has 0 spiro atoms. The summed E-state index contributed by atoms with van der Waals surface area (Å²) in [5, 5.41) is 0. The molecule has 136 valence electrons. The first-order valence-electron chi connectivity index (χ1n) is 6.85. The number of hydrogen-bond acceptors (Lipinski definition) is 4. The van der Waals surface area contributed by atoms with E-state index in [2.05, 4.69) is 0 Å². The molecule has 0 atom stereocenters. The summed E-state index contributed by atoms with van der Waals surface area (Å²) >= 11 is 0. The van der Waals surface area contributed by atoms with Crippen molar-refractivity contribution in [1.82, 2.24) is 0 Å². The van der Waals surface area contributed by atoms with Gasteiger partial charge in [0.2, 0.25) is 0 Å². The van der Waals surface area contributed by atoms with Gasteiger partial charge in [-0.3, -0.25) is 4.72 Å². The Morgan fingerprint density at radius 2 is 1.48 bits per heavy atom. The highest BCUT2D eigenvalue weighted by Gasteiger charge is 2.37. The lowest BCUT2D eigenvalue weighted by Gasteiger charge is -2.16. The van der Waals surface area contributed by atoms with E-state index in [1.807, 2.05) is 4.72 Å². The van der Waals surface area contributed by atoms with Crippen LogP contribution in [0.3, 0.4) is 0 Å². The van der Waals surface area contributed by atoms with Crippen molar-refractivity contribution in [2.45, 2.75) is 16.8 Å². The Kier molecular flexibility index (Phi) is 5.14. The third-order valence-corrected chi connectivity index (χ3v) is 5.42. The fourth-order valence-corrected chi connectivity index (χ4v) is 4.31. The van der Waals surface area contributed by atoms with Crippen LogP contribution < -0.4 is 4.72 Å². The number of sulfonamides is 1. The number of nitrogens with one attached hydrogen (secondary N) is 1. The zero-order valence-corrected chi connectivity index (χ0v) is 14.5. The molecule has 0 aliphatic carbocycles. The fourth-order valence-electron chi connectivity index (χ4n) is 2.16. The zero-order chi connectivity index (χ0) is 18.9. The van der Waals surface area contributed by atoms with Gasteiger partial charge in [0.25, 0.3) is 10.0 Å². The first-order chi connectivity index (χ1) is 11.4. The van der Waals surface area contributed by atoms with Crippen molar-refractivity contribution in [2.75, 3.05) is 11.0 Å². The third-order valence-electron chi connectivity index (χ3n) is 3.16.